The highest BCUT2D eigenvalue weighted by atomic mass is 35.5. The van der Waals surface area contributed by atoms with Gasteiger partial charge in [-0.15, -0.1) is 11.6 Å². The van der Waals surface area contributed by atoms with E-state index in [1.54, 1.807) is 6.07 Å². The number of para-hydroxylation sites is 1. The molecule has 0 aliphatic heterocycles. The molecule has 2 aromatic rings. The van der Waals surface area contributed by atoms with E-state index in [-0.39, 0.29) is 17.3 Å². The molecule has 1 aliphatic rings. The number of carbonyl (C=O) groups is 1. The van der Waals surface area contributed by atoms with Crippen LogP contribution in [0.1, 0.15) is 36.2 Å². The average Bonchev–Trinajstić information content (AvgIpc) is 2.49. The zero-order valence-electron chi connectivity index (χ0n) is 11.2. The Morgan fingerprint density at radius 2 is 1.85 bits per heavy atom. The van der Waals surface area contributed by atoms with Gasteiger partial charge in [0, 0.05) is 16.8 Å². The minimum atomic E-state index is -0.0891. The van der Waals surface area contributed by atoms with E-state index in [1.807, 2.05) is 30.3 Å². The quantitative estimate of drug-likeness (QED) is 0.859. The third-order valence-corrected chi connectivity index (χ3v) is 4.26. The smallest absolute Gasteiger partial charge is 0.270 e. The average molecular weight is 289 g/mol. The summed E-state index contributed by atoms with van der Waals surface area (Å²) in [6.07, 6.45) is 3.84. The van der Waals surface area contributed by atoms with Gasteiger partial charge in [-0.2, -0.15) is 0 Å². The number of benzene rings is 1. The normalized spacial score (nSPS) is 22.6. The molecule has 1 heterocycles. The Hall–Kier alpha value is -1.61. The lowest BCUT2D eigenvalue weighted by molar-refractivity contribution is 0.0923. The van der Waals surface area contributed by atoms with Crippen molar-refractivity contribution in [2.24, 2.45) is 0 Å². The van der Waals surface area contributed by atoms with E-state index in [2.05, 4.69) is 10.3 Å². The molecule has 0 saturated heterocycles. The van der Waals surface area contributed by atoms with Gasteiger partial charge in [0.05, 0.1) is 5.52 Å². The van der Waals surface area contributed by atoms with Crippen molar-refractivity contribution in [3.8, 4) is 0 Å². The second-order valence-electron chi connectivity index (χ2n) is 5.31. The summed E-state index contributed by atoms with van der Waals surface area (Å²) in [5.74, 6) is -0.0891. The van der Waals surface area contributed by atoms with Gasteiger partial charge >= 0.3 is 0 Å². The van der Waals surface area contributed by atoms with Crippen LogP contribution in [-0.4, -0.2) is 22.3 Å². The molecular weight excluding hydrogens is 272 g/mol. The summed E-state index contributed by atoms with van der Waals surface area (Å²) in [4.78, 5) is 16.6. The van der Waals surface area contributed by atoms with E-state index >= 15 is 0 Å². The molecule has 1 N–H and O–H groups in total. The highest BCUT2D eigenvalue weighted by Gasteiger charge is 2.21. The maximum Gasteiger partial charge on any atom is 0.270 e. The van der Waals surface area contributed by atoms with Crippen LogP contribution in [0.4, 0.5) is 0 Å². The van der Waals surface area contributed by atoms with Gasteiger partial charge in [0.2, 0.25) is 0 Å². The molecule has 1 aromatic heterocycles. The molecule has 0 spiro atoms. The summed E-state index contributed by atoms with van der Waals surface area (Å²) in [7, 11) is 0. The van der Waals surface area contributed by atoms with E-state index < -0.39 is 0 Å². The lowest BCUT2D eigenvalue weighted by atomic mass is 9.95. The molecule has 1 saturated carbocycles. The van der Waals surface area contributed by atoms with Crippen molar-refractivity contribution in [3.05, 3.63) is 42.1 Å². The van der Waals surface area contributed by atoms with Crippen LogP contribution in [-0.2, 0) is 0 Å². The first-order valence-corrected chi connectivity index (χ1v) is 7.47. The highest BCUT2D eigenvalue weighted by Crippen LogP contribution is 2.23. The van der Waals surface area contributed by atoms with Gasteiger partial charge in [0.1, 0.15) is 5.69 Å². The van der Waals surface area contributed by atoms with E-state index in [1.165, 1.54) is 0 Å². The Morgan fingerprint density at radius 3 is 2.65 bits per heavy atom. The van der Waals surface area contributed by atoms with Crippen molar-refractivity contribution < 1.29 is 4.79 Å². The Balaban J connectivity index is 1.72. The first-order valence-electron chi connectivity index (χ1n) is 7.03. The summed E-state index contributed by atoms with van der Waals surface area (Å²) in [5.41, 5.74) is 1.33. The van der Waals surface area contributed by atoms with E-state index in [4.69, 9.17) is 11.6 Å². The van der Waals surface area contributed by atoms with Crippen LogP contribution in [0.25, 0.3) is 10.9 Å². The van der Waals surface area contributed by atoms with E-state index in [0.29, 0.717) is 5.69 Å². The molecule has 3 rings (SSSR count). The number of nitrogens with zero attached hydrogens (tertiary/aromatic N) is 1. The van der Waals surface area contributed by atoms with Crippen LogP contribution in [0, 0.1) is 0 Å². The highest BCUT2D eigenvalue weighted by molar-refractivity contribution is 6.20. The fourth-order valence-electron chi connectivity index (χ4n) is 2.65. The van der Waals surface area contributed by atoms with Crippen molar-refractivity contribution in [2.45, 2.75) is 37.1 Å². The summed E-state index contributed by atoms with van der Waals surface area (Å²) >= 11 is 6.08. The van der Waals surface area contributed by atoms with Crippen molar-refractivity contribution >= 4 is 28.4 Å². The van der Waals surface area contributed by atoms with E-state index in [0.717, 1.165) is 36.6 Å². The number of hydrogen-bond donors (Lipinski definition) is 1. The van der Waals surface area contributed by atoms with Gasteiger partial charge in [-0.25, -0.2) is 4.98 Å². The minimum Gasteiger partial charge on any atom is -0.348 e. The second kappa shape index (κ2) is 5.80. The number of amides is 1. The van der Waals surface area contributed by atoms with Gasteiger partial charge in [0.15, 0.2) is 0 Å². The lowest BCUT2D eigenvalue weighted by Gasteiger charge is -2.25. The number of fused-ring (bicyclic) bond motifs is 1. The van der Waals surface area contributed by atoms with Gasteiger partial charge in [-0.05, 0) is 37.8 Å². The van der Waals surface area contributed by atoms with Crippen LogP contribution in [0.5, 0.6) is 0 Å². The monoisotopic (exact) mass is 288 g/mol. The summed E-state index contributed by atoms with van der Waals surface area (Å²) in [6.45, 7) is 0. The van der Waals surface area contributed by atoms with Gasteiger partial charge < -0.3 is 5.32 Å². The zero-order chi connectivity index (χ0) is 13.9. The summed E-state index contributed by atoms with van der Waals surface area (Å²) in [6, 6.07) is 11.8. The third kappa shape index (κ3) is 2.93. The number of halogens is 1. The van der Waals surface area contributed by atoms with Crippen molar-refractivity contribution in [1.82, 2.24) is 10.3 Å². The number of hydrogen-bond acceptors (Lipinski definition) is 2. The molecule has 1 aliphatic carbocycles. The van der Waals surface area contributed by atoms with Crippen LogP contribution in [0.3, 0.4) is 0 Å². The number of alkyl halides is 1. The fourth-order valence-corrected chi connectivity index (χ4v) is 2.90. The number of rotatable bonds is 2. The molecular formula is C16H17ClN2O. The molecule has 3 nitrogen and oxygen atoms in total. The van der Waals surface area contributed by atoms with Crippen LogP contribution in [0.15, 0.2) is 36.4 Å². The lowest BCUT2D eigenvalue weighted by Crippen LogP contribution is -2.38. The first kappa shape index (κ1) is 13.4. The van der Waals surface area contributed by atoms with Crippen LogP contribution >= 0.6 is 11.6 Å². The predicted molar refractivity (Wildman–Crippen MR) is 81.1 cm³/mol. The zero-order valence-corrected chi connectivity index (χ0v) is 11.9. The maximum atomic E-state index is 12.2. The minimum absolute atomic E-state index is 0.0891. The molecule has 0 radical (unpaired) electrons. The molecule has 20 heavy (non-hydrogen) atoms. The van der Waals surface area contributed by atoms with Crippen molar-refractivity contribution in [3.63, 3.8) is 0 Å². The molecule has 1 aromatic carbocycles. The second-order valence-corrected chi connectivity index (χ2v) is 5.93. The first-order chi connectivity index (χ1) is 9.72. The Labute approximate surface area is 123 Å². The molecule has 0 unspecified atom stereocenters. The maximum absolute atomic E-state index is 12.2. The number of nitrogens with one attached hydrogen (secondary N) is 1. The summed E-state index contributed by atoms with van der Waals surface area (Å²) < 4.78 is 0. The Bertz CT molecular complexity index is 621. The Kier molecular flexibility index (Phi) is 3.88. The van der Waals surface area contributed by atoms with E-state index in [9.17, 15) is 4.79 Å². The fraction of sp³-hybridized carbons (Fsp3) is 0.375. The standard InChI is InChI=1S/C16H17ClN2O/c17-12-6-8-13(9-7-12)18-16(20)15-10-5-11-3-1-2-4-14(11)19-15/h1-5,10,12-13H,6-9H2,(H,18,20). The van der Waals surface area contributed by atoms with Gasteiger partial charge in [-0.3, -0.25) is 4.79 Å². The van der Waals surface area contributed by atoms with Gasteiger partial charge in [0.25, 0.3) is 5.91 Å². The largest absolute Gasteiger partial charge is 0.348 e. The molecule has 0 bridgehead atoms. The Morgan fingerprint density at radius 1 is 1.10 bits per heavy atom. The molecule has 0 atom stereocenters. The summed E-state index contributed by atoms with van der Waals surface area (Å²) in [5, 5.41) is 4.37. The molecule has 1 amide bonds. The number of carbonyl (C=O) groups excluding carboxylic acids is 1. The third-order valence-electron chi connectivity index (χ3n) is 3.82. The molecule has 4 heteroatoms. The number of pyridine rings is 1. The topological polar surface area (TPSA) is 42.0 Å². The van der Waals surface area contributed by atoms with Gasteiger partial charge in [-0.1, -0.05) is 24.3 Å². The van der Waals surface area contributed by atoms with Crippen molar-refractivity contribution in [1.29, 1.82) is 0 Å². The predicted octanol–water partition coefficient (Wildman–Crippen LogP) is 3.51. The molecule has 1 fully saturated rings. The van der Waals surface area contributed by atoms with Crippen LogP contribution < -0.4 is 5.32 Å². The SMILES string of the molecule is O=C(NC1CCC(Cl)CC1)c1ccc2ccccc2n1. The number of aromatic nitrogens is 1. The van der Waals surface area contributed by atoms with Crippen molar-refractivity contribution in [2.75, 3.05) is 0 Å². The molecule has 104 valence electrons. The van der Waals surface area contributed by atoms with Crippen LogP contribution in [0.2, 0.25) is 0 Å².